The van der Waals surface area contributed by atoms with Gasteiger partial charge in [-0.05, 0) is 152 Å². The van der Waals surface area contributed by atoms with Gasteiger partial charge in [-0.2, -0.15) is 26.3 Å². The van der Waals surface area contributed by atoms with Gasteiger partial charge in [-0.3, -0.25) is 57.5 Å². The number of nitrogens with zero attached hydrogens (tertiary/aromatic N) is 9. The molecule has 8 rings (SSSR count). The SMILES string of the molecule is CC[C@H](C)[C@@H]1NC(=O)[C@H](CC2CC2)N(C)C(=O)C[C@@H](C(=O)N(CC)CC)N(C)C(=O)[C@H](C2CCCC2)N(C)C(=O)C2(CC(C)(C)C2)NC(=O)[C@@H]2C[C@@H](F)CN2C(=O)[C@H](CCC2CC(F)C(C(F)(F)F)C(F)C2)NC(=O)CN(C)C(=O)[C@H](CC2CCC(C(F)(F)F)CC2)N2CC/C=C\C[C@@H](C2=O)N(C)C(=O)CN(C)C1=O. The molecule has 12 atom stereocenters. The molecule has 24 nitrogen and oxygen atoms in total. The summed E-state index contributed by atoms with van der Waals surface area (Å²) in [5, 5.41) is 8.27. The maximum absolute atomic E-state index is 16.3. The summed E-state index contributed by atoms with van der Waals surface area (Å²) < 4.78 is 131. The number of hydrogen-bond acceptors (Lipinski definition) is 12. The number of hydrogen-bond donors (Lipinski definition) is 3. The van der Waals surface area contributed by atoms with Gasteiger partial charge in [0, 0.05) is 68.3 Å². The number of likely N-dealkylation sites (N-methyl/N-ethyl adjacent to an activating group) is 7. The summed E-state index contributed by atoms with van der Waals surface area (Å²) in [6, 6.07) is -11.8. The minimum Gasteiger partial charge on any atom is -0.343 e. The third-order valence-corrected chi connectivity index (χ3v) is 25.0. The van der Waals surface area contributed by atoms with Gasteiger partial charge in [0.2, 0.25) is 70.9 Å². The summed E-state index contributed by atoms with van der Waals surface area (Å²) in [6.45, 7) is 8.34. The Bertz CT molecular complexity index is 3340. The maximum Gasteiger partial charge on any atom is 0.397 e. The molecule has 33 heteroatoms. The average molecular weight is 1570 g/mol. The summed E-state index contributed by atoms with van der Waals surface area (Å²) in [7, 11) is 7.97. The van der Waals surface area contributed by atoms with E-state index in [-0.39, 0.29) is 89.8 Å². The summed E-state index contributed by atoms with van der Waals surface area (Å²) >= 11 is 0. The second kappa shape index (κ2) is 36.7. The van der Waals surface area contributed by atoms with E-state index < -0.39 is 255 Å². The van der Waals surface area contributed by atoms with E-state index in [9.17, 15) is 45.5 Å². The molecule has 0 aromatic heterocycles. The lowest BCUT2D eigenvalue weighted by molar-refractivity contribution is -0.219. The van der Waals surface area contributed by atoms with Crippen LogP contribution in [-0.2, 0) is 57.5 Å². The molecular weight excluding hydrogens is 1460 g/mol. The van der Waals surface area contributed by atoms with E-state index in [1.807, 2.05) is 13.8 Å². The first kappa shape index (κ1) is 88.3. The second-order valence-corrected chi connectivity index (χ2v) is 33.7. The third-order valence-electron chi connectivity index (χ3n) is 25.0. The number of rotatable bonds is 13. The van der Waals surface area contributed by atoms with Gasteiger partial charge in [0.25, 0.3) is 0 Å². The maximum atomic E-state index is 16.3. The predicted molar refractivity (Wildman–Crippen MR) is 387 cm³/mol. The Morgan fingerprint density at radius 2 is 1.18 bits per heavy atom. The zero-order valence-corrected chi connectivity index (χ0v) is 65.9. The first-order valence-electron chi connectivity index (χ1n) is 39.5. The van der Waals surface area contributed by atoms with Crippen LogP contribution in [0, 0.1) is 46.8 Å². The fourth-order valence-corrected chi connectivity index (χ4v) is 18.3. The molecule has 7 fully saturated rings. The van der Waals surface area contributed by atoms with E-state index in [1.54, 1.807) is 39.8 Å². The van der Waals surface area contributed by atoms with Crippen LogP contribution in [0.1, 0.15) is 189 Å². The van der Waals surface area contributed by atoms with Crippen molar-refractivity contribution in [3.05, 3.63) is 12.2 Å². The Kier molecular flexibility index (Phi) is 29.5. The molecule has 0 aromatic rings. The Morgan fingerprint density at radius 1 is 0.600 bits per heavy atom. The summed E-state index contributed by atoms with van der Waals surface area (Å²) in [5.41, 5.74) is -2.49. The van der Waals surface area contributed by atoms with Crippen LogP contribution in [-0.4, -0.2) is 281 Å². The Labute approximate surface area is 640 Å². The highest BCUT2D eigenvalue weighted by atomic mass is 19.4. The standard InChI is InChI=1S/C77H117F9N12O12/c1-13-44(4)63-71(108)91(8)41-61(101)92(9)54-23-17-16-20-32-97(70(54)107)58(36-46-26-29-49(30-27-46)76(81,82)83)68(105)90(7)40-59(99)87-53(31-28-47-33-51(79)62(52(80)34-47)77(84,85)86)67(104)98-39-50(78)37-56(98)66(103)89-75(42-74(5,6)43-75)73(110)95(12)64(48-21-18-19-22-48)72(109)94(11)57(69(106)96(14-2)15-3)38-60(100)93(10)55(65(102)88-63)35-45-24-25-45/h16-17,44-58,62-64H,13-15,18-43H2,1-12H3,(H,87,99)(H,88,102)(H,89,103)/b17-16-/t44-,46?,47?,49?,50+,51?,52?,53-,54-,55-,56-,57-,58-,62?,63-,64-/m0/s1. The molecule has 5 aliphatic carbocycles. The number of alkyl halides is 9. The molecule has 620 valence electrons. The fraction of sp³-hybridized carbons (Fsp3) is 0.818. The summed E-state index contributed by atoms with van der Waals surface area (Å²) in [4.78, 5) is 192. The molecule has 110 heavy (non-hydrogen) atoms. The van der Waals surface area contributed by atoms with Crippen molar-refractivity contribution in [2.45, 2.75) is 274 Å². The molecule has 2 bridgehead atoms. The van der Waals surface area contributed by atoms with Gasteiger partial charge in [-0.25, -0.2) is 13.2 Å². The highest BCUT2D eigenvalue weighted by Crippen LogP contribution is 2.51. The molecular formula is C77H117F9N12O12. The molecule has 0 radical (unpaired) electrons. The minimum atomic E-state index is -5.24. The Balaban J connectivity index is 1.21. The van der Waals surface area contributed by atoms with Crippen LogP contribution in [0.2, 0.25) is 0 Å². The van der Waals surface area contributed by atoms with E-state index in [1.165, 1.54) is 61.9 Å². The third kappa shape index (κ3) is 20.9. The second-order valence-electron chi connectivity index (χ2n) is 33.7. The largest absolute Gasteiger partial charge is 0.397 e. The van der Waals surface area contributed by atoms with E-state index in [0.29, 0.717) is 32.1 Å². The molecule has 3 aliphatic heterocycles. The van der Waals surface area contributed by atoms with Crippen LogP contribution in [0.4, 0.5) is 39.5 Å². The fourth-order valence-electron chi connectivity index (χ4n) is 18.3. The topological polar surface area (TPSA) is 270 Å². The van der Waals surface area contributed by atoms with Crippen molar-refractivity contribution in [1.29, 1.82) is 0 Å². The van der Waals surface area contributed by atoms with E-state index in [0.717, 1.165) is 37.3 Å². The van der Waals surface area contributed by atoms with Crippen molar-refractivity contribution in [3.63, 3.8) is 0 Å². The quantitative estimate of drug-likeness (QED) is 0.120. The average Bonchev–Trinajstić information content (AvgIpc) is 0.853. The first-order chi connectivity index (χ1) is 51.5. The van der Waals surface area contributed by atoms with E-state index >= 15 is 51.5 Å². The van der Waals surface area contributed by atoms with Crippen LogP contribution in [0.5, 0.6) is 0 Å². The van der Waals surface area contributed by atoms with Gasteiger partial charge in [-0.1, -0.05) is 72.0 Å². The highest BCUT2D eigenvalue weighted by molar-refractivity contribution is 6.01. The van der Waals surface area contributed by atoms with Gasteiger partial charge in [0.05, 0.1) is 32.0 Å². The van der Waals surface area contributed by atoms with Crippen LogP contribution < -0.4 is 16.0 Å². The normalized spacial score (nSPS) is 32.7. The van der Waals surface area contributed by atoms with Crippen LogP contribution in [0.15, 0.2) is 12.2 Å². The molecule has 8 aliphatic rings. The number of carbonyl (C=O) groups is 12. The monoisotopic (exact) mass is 1570 g/mol. The van der Waals surface area contributed by atoms with Crippen molar-refractivity contribution < 1.29 is 97.0 Å². The van der Waals surface area contributed by atoms with E-state index in [2.05, 4.69) is 16.0 Å². The molecule has 0 aromatic carbocycles. The summed E-state index contributed by atoms with van der Waals surface area (Å²) in [5.74, 6) is -17.4. The van der Waals surface area contributed by atoms with Crippen molar-refractivity contribution in [3.8, 4) is 0 Å². The van der Waals surface area contributed by atoms with Crippen LogP contribution >= 0.6 is 0 Å². The van der Waals surface area contributed by atoms with Crippen LogP contribution in [0.25, 0.3) is 0 Å². The molecule has 3 heterocycles. The number of nitrogens with one attached hydrogen (secondary N) is 3. The van der Waals surface area contributed by atoms with Crippen LogP contribution in [0.3, 0.4) is 0 Å². The van der Waals surface area contributed by atoms with E-state index in [4.69, 9.17) is 0 Å². The molecule has 5 saturated carbocycles. The minimum absolute atomic E-state index is 0.00943. The number of amides is 12. The van der Waals surface area contributed by atoms with Crippen molar-refractivity contribution in [1.82, 2.24) is 60.0 Å². The number of fused-ring (bicyclic) bond motifs is 3. The van der Waals surface area contributed by atoms with Gasteiger partial charge in [0.15, 0.2) is 0 Å². The Hall–Kier alpha value is -7.25. The lowest BCUT2D eigenvalue weighted by Crippen LogP contribution is -2.71. The van der Waals surface area contributed by atoms with Crippen molar-refractivity contribution in [2.24, 2.45) is 46.8 Å². The predicted octanol–water partition coefficient (Wildman–Crippen LogP) is 7.45. The smallest absolute Gasteiger partial charge is 0.343 e. The van der Waals surface area contributed by atoms with Gasteiger partial charge in [-0.15, -0.1) is 0 Å². The zero-order chi connectivity index (χ0) is 81.6. The van der Waals surface area contributed by atoms with Crippen molar-refractivity contribution >= 4 is 70.9 Å². The molecule has 3 N–H and O–H groups in total. The lowest BCUT2D eigenvalue weighted by atomic mass is 9.58. The Morgan fingerprint density at radius 3 is 1.74 bits per heavy atom. The van der Waals surface area contributed by atoms with Crippen molar-refractivity contribution in [2.75, 3.05) is 81.6 Å². The first-order valence-corrected chi connectivity index (χ1v) is 39.5. The number of carbonyl (C=O) groups excluding carboxylic acids is 12. The van der Waals surface area contributed by atoms with Gasteiger partial charge in [0.1, 0.15) is 78.3 Å². The molecule has 2 unspecified atom stereocenters. The zero-order valence-electron chi connectivity index (χ0n) is 65.9. The molecule has 1 spiro atoms. The lowest BCUT2D eigenvalue weighted by Gasteiger charge is -2.54. The summed E-state index contributed by atoms with van der Waals surface area (Å²) in [6.07, 6.45) is -14.5. The van der Waals surface area contributed by atoms with Gasteiger partial charge >= 0.3 is 12.4 Å². The van der Waals surface area contributed by atoms with Gasteiger partial charge < -0.3 is 60.0 Å². The molecule has 12 amide bonds. The highest BCUT2D eigenvalue weighted by Gasteiger charge is 2.60. The number of halogens is 9. The molecule has 2 saturated heterocycles.